The number of thiophene rings is 1. The van der Waals surface area contributed by atoms with E-state index in [1.165, 1.54) is 20.5 Å². The number of rotatable bonds is 3. The highest BCUT2D eigenvalue weighted by atomic mass is 35.5. The zero-order valence-electron chi connectivity index (χ0n) is 13.1. The first kappa shape index (κ1) is 15.8. The van der Waals surface area contributed by atoms with Crippen LogP contribution in [0.5, 0.6) is 0 Å². The molecule has 1 aromatic carbocycles. The Morgan fingerprint density at radius 3 is 2.68 bits per heavy atom. The van der Waals surface area contributed by atoms with Crippen LogP contribution in [-0.2, 0) is 11.2 Å². The van der Waals surface area contributed by atoms with Gasteiger partial charge in [-0.15, -0.1) is 11.3 Å². The van der Waals surface area contributed by atoms with Gasteiger partial charge in [-0.1, -0.05) is 18.5 Å². The lowest BCUT2D eigenvalue weighted by Gasteiger charge is -2.34. The van der Waals surface area contributed by atoms with Gasteiger partial charge in [-0.2, -0.15) is 0 Å². The average Bonchev–Trinajstić information content (AvgIpc) is 2.83. The molecule has 0 aliphatic carbocycles. The number of piperazine rings is 1. The Morgan fingerprint density at radius 1 is 1.27 bits per heavy atom. The SMILES string of the molecule is CCN1CCN(C(=O)Cc2sc3ccc(Cl)cc3c2C)CC1. The molecular weight excluding hydrogens is 316 g/mol. The number of fused-ring (bicyclic) bond motifs is 1. The minimum atomic E-state index is 0.247. The summed E-state index contributed by atoms with van der Waals surface area (Å²) >= 11 is 7.79. The largest absolute Gasteiger partial charge is 0.340 e. The van der Waals surface area contributed by atoms with Crippen molar-refractivity contribution in [2.75, 3.05) is 32.7 Å². The van der Waals surface area contributed by atoms with Crippen molar-refractivity contribution in [3.63, 3.8) is 0 Å². The van der Waals surface area contributed by atoms with Gasteiger partial charge in [-0.05, 0) is 42.6 Å². The lowest BCUT2D eigenvalue weighted by Crippen LogP contribution is -2.48. The van der Waals surface area contributed by atoms with Gasteiger partial charge in [0.2, 0.25) is 5.91 Å². The number of carbonyl (C=O) groups excluding carboxylic acids is 1. The molecule has 1 fully saturated rings. The minimum absolute atomic E-state index is 0.247. The number of hydrogen-bond acceptors (Lipinski definition) is 3. The smallest absolute Gasteiger partial charge is 0.227 e. The Morgan fingerprint density at radius 2 is 2.00 bits per heavy atom. The number of hydrogen-bond donors (Lipinski definition) is 0. The van der Waals surface area contributed by atoms with E-state index in [1.807, 2.05) is 23.1 Å². The number of carbonyl (C=O) groups is 1. The zero-order valence-corrected chi connectivity index (χ0v) is 14.6. The van der Waals surface area contributed by atoms with Crippen molar-refractivity contribution in [2.45, 2.75) is 20.3 Å². The second-order valence-electron chi connectivity index (χ2n) is 5.78. The molecule has 2 aromatic rings. The third kappa shape index (κ3) is 3.14. The molecule has 3 nitrogen and oxygen atoms in total. The molecule has 0 spiro atoms. The fourth-order valence-corrected chi connectivity index (χ4v) is 4.33. The lowest BCUT2D eigenvalue weighted by atomic mass is 10.1. The van der Waals surface area contributed by atoms with Crippen LogP contribution in [0.15, 0.2) is 18.2 Å². The highest BCUT2D eigenvalue weighted by Gasteiger charge is 2.21. The van der Waals surface area contributed by atoms with Crippen molar-refractivity contribution in [3.05, 3.63) is 33.7 Å². The van der Waals surface area contributed by atoms with Crippen molar-refractivity contribution in [3.8, 4) is 0 Å². The third-order valence-electron chi connectivity index (χ3n) is 4.48. The van der Waals surface area contributed by atoms with E-state index in [1.54, 1.807) is 11.3 Å². The van der Waals surface area contributed by atoms with Gasteiger partial charge in [0.25, 0.3) is 0 Å². The lowest BCUT2D eigenvalue weighted by molar-refractivity contribution is -0.132. The van der Waals surface area contributed by atoms with E-state index in [-0.39, 0.29) is 5.91 Å². The fraction of sp³-hybridized carbons (Fsp3) is 0.471. The zero-order chi connectivity index (χ0) is 15.7. The second-order valence-corrected chi connectivity index (χ2v) is 7.36. The molecule has 0 saturated carbocycles. The normalized spacial score (nSPS) is 16.4. The summed E-state index contributed by atoms with van der Waals surface area (Å²) in [6.07, 6.45) is 0.509. The van der Waals surface area contributed by atoms with Gasteiger partial charge in [0.1, 0.15) is 0 Å². The number of likely N-dealkylation sites (N-methyl/N-ethyl adjacent to an activating group) is 1. The van der Waals surface area contributed by atoms with Gasteiger partial charge in [-0.25, -0.2) is 0 Å². The van der Waals surface area contributed by atoms with Gasteiger partial charge in [0.05, 0.1) is 6.42 Å². The summed E-state index contributed by atoms with van der Waals surface area (Å²) in [7, 11) is 0. The average molecular weight is 337 g/mol. The summed E-state index contributed by atoms with van der Waals surface area (Å²) in [5.41, 5.74) is 1.20. The molecule has 1 amide bonds. The summed E-state index contributed by atoms with van der Waals surface area (Å²) in [6.45, 7) is 9.01. The van der Waals surface area contributed by atoms with Crippen LogP contribution in [-0.4, -0.2) is 48.4 Å². The van der Waals surface area contributed by atoms with Crippen LogP contribution in [0.1, 0.15) is 17.4 Å². The van der Waals surface area contributed by atoms with Crippen LogP contribution < -0.4 is 0 Å². The van der Waals surface area contributed by atoms with Gasteiger partial charge in [0, 0.05) is 40.8 Å². The molecule has 22 heavy (non-hydrogen) atoms. The molecule has 1 aliphatic heterocycles. The summed E-state index contributed by atoms with van der Waals surface area (Å²) in [4.78, 5) is 18.1. The van der Waals surface area contributed by atoms with Crippen LogP contribution in [0.25, 0.3) is 10.1 Å². The van der Waals surface area contributed by atoms with Crippen LogP contribution in [0.2, 0.25) is 5.02 Å². The van der Waals surface area contributed by atoms with Crippen molar-refractivity contribution < 1.29 is 4.79 Å². The first-order chi connectivity index (χ1) is 10.6. The predicted molar refractivity (Wildman–Crippen MR) is 94.0 cm³/mol. The van der Waals surface area contributed by atoms with Crippen molar-refractivity contribution >= 4 is 38.9 Å². The van der Waals surface area contributed by atoms with Crippen LogP contribution in [0, 0.1) is 6.92 Å². The quantitative estimate of drug-likeness (QED) is 0.855. The molecule has 0 radical (unpaired) electrons. The highest BCUT2D eigenvalue weighted by molar-refractivity contribution is 7.19. The maximum atomic E-state index is 12.5. The molecule has 0 N–H and O–H groups in total. The van der Waals surface area contributed by atoms with Gasteiger partial charge < -0.3 is 9.80 Å². The summed E-state index contributed by atoms with van der Waals surface area (Å²) in [6, 6.07) is 5.95. The molecule has 1 aromatic heterocycles. The molecular formula is C17H21ClN2OS. The molecule has 118 valence electrons. The molecule has 0 bridgehead atoms. The van der Waals surface area contributed by atoms with Crippen molar-refractivity contribution in [2.24, 2.45) is 0 Å². The van der Waals surface area contributed by atoms with Crippen molar-refractivity contribution in [1.29, 1.82) is 0 Å². The number of halogens is 1. The molecule has 1 saturated heterocycles. The Hall–Kier alpha value is -1.10. The molecule has 5 heteroatoms. The first-order valence-corrected chi connectivity index (χ1v) is 8.95. The summed E-state index contributed by atoms with van der Waals surface area (Å²) in [5, 5.41) is 1.93. The minimum Gasteiger partial charge on any atom is -0.340 e. The summed E-state index contributed by atoms with van der Waals surface area (Å²) < 4.78 is 1.21. The van der Waals surface area contributed by atoms with E-state index in [9.17, 15) is 4.79 Å². The van der Waals surface area contributed by atoms with Crippen LogP contribution >= 0.6 is 22.9 Å². The Balaban J connectivity index is 1.73. The number of benzene rings is 1. The first-order valence-electron chi connectivity index (χ1n) is 7.76. The summed E-state index contributed by atoms with van der Waals surface area (Å²) in [5.74, 6) is 0.247. The Labute approximate surface area is 140 Å². The standard InChI is InChI=1S/C17H21ClN2OS/c1-3-19-6-8-20(9-7-19)17(21)11-16-12(2)14-10-13(18)4-5-15(14)22-16/h4-5,10H,3,6-9,11H2,1-2H3. The monoisotopic (exact) mass is 336 g/mol. The number of nitrogens with zero attached hydrogens (tertiary/aromatic N) is 2. The Kier molecular flexibility index (Phi) is 4.71. The molecule has 0 atom stereocenters. The van der Waals surface area contributed by atoms with E-state index in [4.69, 9.17) is 11.6 Å². The number of aryl methyl sites for hydroxylation is 1. The van der Waals surface area contributed by atoms with Gasteiger partial charge >= 0.3 is 0 Å². The van der Waals surface area contributed by atoms with Gasteiger partial charge in [0.15, 0.2) is 0 Å². The van der Waals surface area contributed by atoms with E-state index < -0.39 is 0 Å². The maximum absolute atomic E-state index is 12.5. The highest BCUT2D eigenvalue weighted by Crippen LogP contribution is 2.33. The molecule has 0 unspecified atom stereocenters. The molecule has 2 heterocycles. The van der Waals surface area contributed by atoms with E-state index in [0.717, 1.165) is 37.7 Å². The van der Waals surface area contributed by atoms with Crippen LogP contribution in [0.3, 0.4) is 0 Å². The predicted octanol–water partition coefficient (Wildman–Crippen LogP) is 3.57. The maximum Gasteiger partial charge on any atom is 0.227 e. The fourth-order valence-electron chi connectivity index (χ4n) is 2.98. The van der Waals surface area contributed by atoms with E-state index in [2.05, 4.69) is 18.7 Å². The Bertz CT molecular complexity index is 689. The van der Waals surface area contributed by atoms with E-state index in [0.29, 0.717) is 6.42 Å². The number of amides is 1. The molecule has 1 aliphatic rings. The van der Waals surface area contributed by atoms with Crippen LogP contribution in [0.4, 0.5) is 0 Å². The van der Waals surface area contributed by atoms with Gasteiger partial charge in [-0.3, -0.25) is 4.79 Å². The van der Waals surface area contributed by atoms with E-state index >= 15 is 0 Å². The second kappa shape index (κ2) is 6.57. The van der Waals surface area contributed by atoms with Crippen molar-refractivity contribution in [1.82, 2.24) is 9.80 Å². The molecule has 3 rings (SSSR count). The topological polar surface area (TPSA) is 23.6 Å². The third-order valence-corrected chi connectivity index (χ3v) is 5.99.